The minimum atomic E-state index is 0.218. The molecule has 19 heavy (non-hydrogen) atoms. The molecular formula is C16H14Br2O. The highest BCUT2D eigenvalue weighted by molar-refractivity contribution is 9.10. The van der Waals surface area contributed by atoms with E-state index < -0.39 is 0 Å². The second-order valence-corrected chi connectivity index (χ2v) is 6.72. The Labute approximate surface area is 130 Å². The Bertz CT molecular complexity index is 622. The molecule has 1 atom stereocenters. The van der Waals surface area contributed by atoms with E-state index in [2.05, 4.69) is 75.2 Å². The Morgan fingerprint density at radius 1 is 1.05 bits per heavy atom. The summed E-state index contributed by atoms with van der Waals surface area (Å²) in [6.45, 7) is 3.63. The number of hydrogen-bond acceptors (Lipinski definition) is 1. The van der Waals surface area contributed by atoms with E-state index >= 15 is 0 Å². The third-order valence-corrected chi connectivity index (χ3v) is 5.07. The average Bonchev–Trinajstić information content (AvgIpc) is 2.88. The molecule has 1 aliphatic rings. The van der Waals surface area contributed by atoms with Crippen LogP contribution in [0.4, 0.5) is 0 Å². The van der Waals surface area contributed by atoms with E-state index in [-0.39, 0.29) is 4.83 Å². The first-order valence-corrected chi connectivity index (χ1v) is 7.95. The van der Waals surface area contributed by atoms with Crippen molar-refractivity contribution in [2.75, 3.05) is 0 Å². The van der Waals surface area contributed by atoms with E-state index in [4.69, 9.17) is 4.74 Å². The molecule has 0 N–H and O–H groups in total. The van der Waals surface area contributed by atoms with E-state index in [1.54, 1.807) is 0 Å². The normalized spacial score (nSPS) is 15.3. The average molecular weight is 382 g/mol. The van der Waals surface area contributed by atoms with Crippen LogP contribution < -0.4 is 0 Å². The molecule has 0 saturated heterocycles. The molecule has 98 valence electrons. The van der Waals surface area contributed by atoms with Crippen LogP contribution in [0.2, 0.25) is 0 Å². The summed E-state index contributed by atoms with van der Waals surface area (Å²) in [5, 5.41) is 0. The summed E-state index contributed by atoms with van der Waals surface area (Å²) in [5.41, 5.74) is 6.50. The maximum absolute atomic E-state index is 5.48. The van der Waals surface area contributed by atoms with Crippen molar-refractivity contribution in [1.82, 2.24) is 0 Å². The van der Waals surface area contributed by atoms with Gasteiger partial charge in [0.25, 0.3) is 0 Å². The smallest absolute Gasteiger partial charge is 0.0725 e. The van der Waals surface area contributed by atoms with Crippen molar-refractivity contribution in [3.05, 3.63) is 68.7 Å². The molecule has 1 nitrogen and oxygen atoms in total. The Kier molecular flexibility index (Phi) is 3.79. The lowest BCUT2D eigenvalue weighted by atomic mass is 9.98. The van der Waals surface area contributed by atoms with Crippen molar-refractivity contribution < 1.29 is 4.74 Å². The Balaban J connectivity index is 1.99. The Hall–Kier alpha value is -0.640. The van der Waals surface area contributed by atoms with Gasteiger partial charge in [0.2, 0.25) is 0 Å². The van der Waals surface area contributed by atoms with Crippen LogP contribution in [0, 0.1) is 6.92 Å². The number of ether oxygens (including phenoxy) is 1. The van der Waals surface area contributed by atoms with E-state index in [9.17, 15) is 0 Å². The summed E-state index contributed by atoms with van der Waals surface area (Å²) in [7, 11) is 0. The maximum atomic E-state index is 5.48. The molecule has 0 spiro atoms. The van der Waals surface area contributed by atoms with Crippen LogP contribution in [0.15, 0.2) is 40.9 Å². The van der Waals surface area contributed by atoms with Crippen molar-refractivity contribution >= 4 is 31.9 Å². The van der Waals surface area contributed by atoms with Crippen LogP contribution in [0.3, 0.4) is 0 Å². The number of hydrogen-bond donors (Lipinski definition) is 0. The minimum absolute atomic E-state index is 0.218. The summed E-state index contributed by atoms with van der Waals surface area (Å²) in [4.78, 5) is 0.218. The predicted molar refractivity (Wildman–Crippen MR) is 84.6 cm³/mol. The second-order valence-electron chi connectivity index (χ2n) is 4.88. The summed E-state index contributed by atoms with van der Waals surface area (Å²) < 4.78 is 6.59. The number of aryl methyl sites for hydroxylation is 1. The SMILES string of the molecule is Cc1ccc(Br)cc1C(Br)c1ccc2c(c1)COC2. The van der Waals surface area contributed by atoms with Gasteiger partial charge < -0.3 is 4.74 Å². The van der Waals surface area contributed by atoms with Gasteiger partial charge in [-0.15, -0.1) is 0 Å². The standard InChI is InChI=1S/C16H14Br2O/c1-10-2-5-14(17)7-15(10)16(18)11-3-4-12-8-19-9-13(12)6-11/h2-7,16H,8-9H2,1H3. The highest BCUT2D eigenvalue weighted by Gasteiger charge is 2.17. The van der Waals surface area contributed by atoms with Crippen LogP contribution in [0.25, 0.3) is 0 Å². The fraction of sp³-hybridized carbons (Fsp3) is 0.250. The molecule has 0 amide bonds. The molecule has 1 unspecified atom stereocenters. The summed E-state index contributed by atoms with van der Waals surface area (Å²) in [6.07, 6.45) is 0. The summed E-state index contributed by atoms with van der Waals surface area (Å²) in [6, 6.07) is 13.0. The third kappa shape index (κ3) is 2.64. The van der Waals surface area contributed by atoms with Gasteiger partial charge in [0.1, 0.15) is 0 Å². The predicted octanol–water partition coefficient (Wildman–Crippen LogP) is 5.27. The molecular weight excluding hydrogens is 368 g/mol. The second kappa shape index (κ2) is 5.39. The van der Waals surface area contributed by atoms with Gasteiger partial charge in [0.15, 0.2) is 0 Å². The molecule has 3 rings (SSSR count). The molecule has 0 aliphatic carbocycles. The van der Waals surface area contributed by atoms with Gasteiger partial charge in [-0.05, 0) is 46.9 Å². The molecule has 0 saturated carbocycles. The first kappa shape index (κ1) is 13.3. The third-order valence-electron chi connectivity index (χ3n) is 3.55. The van der Waals surface area contributed by atoms with E-state index in [0.29, 0.717) is 0 Å². The minimum Gasteiger partial charge on any atom is -0.372 e. The van der Waals surface area contributed by atoms with Crippen molar-refractivity contribution in [3.8, 4) is 0 Å². The zero-order chi connectivity index (χ0) is 13.4. The van der Waals surface area contributed by atoms with Gasteiger partial charge in [0.05, 0.1) is 18.0 Å². The molecule has 1 aliphatic heterocycles. The number of rotatable bonds is 2. The number of alkyl halides is 1. The largest absolute Gasteiger partial charge is 0.372 e. The lowest BCUT2D eigenvalue weighted by Gasteiger charge is -2.15. The molecule has 2 aromatic carbocycles. The summed E-state index contributed by atoms with van der Waals surface area (Å²) in [5.74, 6) is 0. The van der Waals surface area contributed by atoms with E-state index in [1.807, 2.05) is 0 Å². The number of benzene rings is 2. The Morgan fingerprint density at radius 3 is 2.68 bits per heavy atom. The van der Waals surface area contributed by atoms with Gasteiger partial charge in [-0.1, -0.05) is 56.1 Å². The molecule has 2 aromatic rings. The molecule has 0 aromatic heterocycles. The molecule has 0 radical (unpaired) electrons. The lowest BCUT2D eigenvalue weighted by molar-refractivity contribution is 0.134. The highest BCUT2D eigenvalue weighted by atomic mass is 79.9. The fourth-order valence-electron chi connectivity index (χ4n) is 2.41. The van der Waals surface area contributed by atoms with Crippen LogP contribution >= 0.6 is 31.9 Å². The van der Waals surface area contributed by atoms with Gasteiger partial charge >= 0.3 is 0 Å². The van der Waals surface area contributed by atoms with Gasteiger partial charge in [0, 0.05) is 4.47 Å². The summed E-state index contributed by atoms with van der Waals surface area (Å²) >= 11 is 7.37. The van der Waals surface area contributed by atoms with Gasteiger partial charge in [-0.3, -0.25) is 0 Å². The van der Waals surface area contributed by atoms with Crippen LogP contribution in [0.1, 0.15) is 32.6 Å². The number of halogens is 2. The van der Waals surface area contributed by atoms with Gasteiger partial charge in [-0.2, -0.15) is 0 Å². The van der Waals surface area contributed by atoms with Crippen LogP contribution in [-0.2, 0) is 18.0 Å². The highest BCUT2D eigenvalue weighted by Crippen LogP contribution is 2.36. The molecule has 0 fully saturated rings. The molecule has 0 bridgehead atoms. The van der Waals surface area contributed by atoms with Crippen LogP contribution in [0.5, 0.6) is 0 Å². The first-order valence-electron chi connectivity index (χ1n) is 6.25. The molecule has 1 heterocycles. The van der Waals surface area contributed by atoms with Crippen molar-refractivity contribution in [2.24, 2.45) is 0 Å². The lowest BCUT2D eigenvalue weighted by Crippen LogP contribution is -1.97. The van der Waals surface area contributed by atoms with Crippen molar-refractivity contribution in [3.63, 3.8) is 0 Å². The zero-order valence-electron chi connectivity index (χ0n) is 10.6. The van der Waals surface area contributed by atoms with E-state index in [1.165, 1.54) is 27.8 Å². The molecule has 3 heteroatoms. The monoisotopic (exact) mass is 380 g/mol. The number of fused-ring (bicyclic) bond motifs is 1. The van der Waals surface area contributed by atoms with Gasteiger partial charge in [-0.25, -0.2) is 0 Å². The van der Waals surface area contributed by atoms with Crippen molar-refractivity contribution in [2.45, 2.75) is 25.0 Å². The maximum Gasteiger partial charge on any atom is 0.0725 e. The zero-order valence-corrected chi connectivity index (χ0v) is 13.8. The first-order chi connectivity index (χ1) is 9.15. The Morgan fingerprint density at radius 2 is 1.84 bits per heavy atom. The quantitative estimate of drug-likeness (QED) is 0.643. The topological polar surface area (TPSA) is 9.23 Å². The van der Waals surface area contributed by atoms with Crippen molar-refractivity contribution in [1.29, 1.82) is 0 Å². The fourth-order valence-corrected chi connectivity index (χ4v) is 3.57. The van der Waals surface area contributed by atoms with E-state index in [0.717, 1.165) is 17.7 Å². The van der Waals surface area contributed by atoms with Crippen LogP contribution in [-0.4, -0.2) is 0 Å².